The third-order valence-corrected chi connectivity index (χ3v) is 4.21. The van der Waals surface area contributed by atoms with Crippen molar-refractivity contribution in [3.05, 3.63) is 65.0 Å². The molecule has 0 bridgehead atoms. The van der Waals surface area contributed by atoms with Gasteiger partial charge in [-0.25, -0.2) is 4.98 Å². The normalized spacial score (nSPS) is 10.9. The number of nitrogens with zero attached hydrogens (tertiary/aromatic N) is 2. The quantitative estimate of drug-likeness (QED) is 0.552. The van der Waals surface area contributed by atoms with Gasteiger partial charge in [0.2, 0.25) is 5.13 Å². The monoisotopic (exact) mass is 323 g/mol. The van der Waals surface area contributed by atoms with Gasteiger partial charge in [0.15, 0.2) is 0 Å². The maximum Gasteiger partial charge on any atom is 0.204 e. The molecule has 0 aliphatic carbocycles. The SMILES string of the molecule is COc1ccc(-c2nc(NN=Cc3ccccc3)sc2C)cc1. The van der Waals surface area contributed by atoms with Crippen LogP contribution in [0.5, 0.6) is 5.75 Å². The van der Waals surface area contributed by atoms with Crippen molar-refractivity contribution in [2.45, 2.75) is 6.92 Å². The number of hydrogen-bond acceptors (Lipinski definition) is 5. The fourth-order valence-electron chi connectivity index (χ4n) is 2.16. The molecular weight excluding hydrogens is 306 g/mol. The topological polar surface area (TPSA) is 46.5 Å². The lowest BCUT2D eigenvalue weighted by molar-refractivity contribution is 0.415. The molecule has 0 saturated carbocycles. The van der Waals surface area contributed by atoms with Crippen LogP contribution in [0, 0.1) is 6.92 Å². The third-order valence-electron chi connectivity index (χ3n) is 3.33. The highest BCUT2D eigenvalue weighted by molar-refractivity contribution is 7.15. The van der Waals surface area contributed by atoms with Gasteiger partial charge in [-0.3, -0.25) is 5.43 Å². The Morgan fingerprint density at radius 2 is 1.83 bits per heavy atom. The smallest absolute Gasteiger partial charge is 0.204 e. The number of benzene rings is 2. The maximum absolute atomic E-state index is 5.19. The number of hydrazone groups is 1. The van der Waals surface area contributed by atoms with Crippen LogP contribution in [-0.2, 0) is 0 Å². The van der Waals surface area contributed by atoms with E-state index in [9.17, 15) is 0 Å². The molecule has 0 fully saturated rings. The molecule has 0 saturated heterocycles. The average Bonchev–Trinajstić information content (AvgIpc) is 2.97. The Kier molecular flexibility index (Phi) is 4.68. The van der Waals surface area contributed by atoms with Crippen molar-refractivity contribution in [3.8, 4) is 17.0 Å². The summed E-state index contributed by atoms with van der Waals surface area (Å²) in [4.78, 5) is 5.77. The molecule has 0 aliphatic heterocycles. The first kappa shape index (κ1) is 15.2. The highest BCUT2D eigenvalue weighted by Crippen LogP contribution is 2.31. The first-order valence-electron chi connectivity index (χ1n) is 7.22. The van der Waals surface area contributed by atoms with Crippen LogP contribution in [0.3, 0.4) is 0 Å². The Morgan fingerprint density at radius 3 is 2.52 bits per heavy atom. The number of methoxy groups -OCH3 is 1. The summed E-state index contributed by atoms with van der Waals surface area (Å²) in [5.74, 6) is 0.840. The lowest BCUT2D eigenvalue weighted by atomic mass is 10.1. The molecule has 0 atom stereocenters. The van der Waals surface area contributed by atoms with Gasteiger partial charge in [-0.2, -0.15) is 5.10 Å². The van der Waals surface area contributed by atoms with Gasteiger partial charge in [0, 0.05) is 10.4 Å². The molecule has 2 aromatic carbocycles. The van der Waals surface area contributed by atoms with Gasteiger partial charge in [-0.15, -0.1) is 11.3 Å². The second-order valence-corrected chi connectivity index (χ2v) is 6.14. The number of aromatic nitrogens is 1. The van der Waals surface area contributed by atoms with Crippen molar-refractivity contribution in [1.29, 1.82) is 0 Å². The Bertz CT molecular complexity index is 795. The first-order valence-corrected chi connectivity index (χ1v) is 8.04. The number of thiazole rings is 1. The number of rotatable bonds is 5. The highest BCUT2D eigenvalue weighted by atomic mass is 32.1. The summed E-state index contributed by atoms with van der Waals surface area (Å²) in [5.41, 5.74) is 6.08. The van der Waals surface area contributed by atoms with Crippen LogP contribution in [-0.4, -0.2) is 18.3 Å². The van der Waals surface area contributed by atoms with Crippen molar-refractivity contribution in [2.75, 3.05) is 12.5 Å². The molecule has 23 heavy (non-hydrogen) atoms. The summed E-state index contributed by atoms with van der Waals surface area (Å²) in [6.45, 7) is 2.06. The highest BCUT2D eigenvalue weighted by Gasteiger charge is 2.09. The predicted octanol–water partition coefficient (Wildman–Crippen LogP) is 4.57. The van der Waals surface area contributed by atoms with Crippen LogP contribution < -0.4 is 10.2 Å². The molecule has 0 amide bonds. The van der Waals surface area contributed by atoms with E-state index in [1.54, 1.807) is 24.7 Å². The number of aryl methyl sites for hydroxylation is 1. The Morgan fingerprint density at radius 1 is 1.09 bits per heavy atom. The molecule has 1 N–H and O–H groups in total. The molecule has 5 heteroatoms. The van der Waals surface area contributed by atoms with Gasteiger partial charge in [0.05, 0.1) is 19.0 Å². The van der Waals surface area contributed by atoms with Crippen molar-refractivity contribution in [2.24, 2.45) is 5.10 Å². The largest absolute Gasteiger partial charge is 0.497 e. The van der Waals surface area contributed by atoms with Gasteiger partial charge in [-0.1, -0.05) is 30.3 Å². The van der Waals surface area contributed by atoms with E-state index in [1.807, 2.05) is 54.6 Å². The molecule has 4 nitrogen and oxygen atoms in total. The summed E-state index contributed by atoms with van der Waals surface area (Å²) in [7, 11) is 1.66. The first-order chi connectivity index (χ1) is 11.3. The zero-order valence-corrected chi connectivity index (χ0v) is 13.8. The van der Waals surface area contributed by atoms with E-state index in [2.05, 4.69) is 22.4 Å². The van der Waals surface area contributed by atoms with E-state index >= 15 is 0 Å². The average molecular weight is 323 g/mol. The number of anilines is 1. The Hall–Kier alpha value is -2.66. The molecular formula is C18H17N3OS. The van der Waals surface area contributed by atoms with Crippen molar-refractivity contribution < 1.29 is 4.74 Å². The summed E-state index contributed by atoms with van der Waals surface area (Å²) in [6, 6.07) is 17.9. The minimum atomic E-state index is 0.778. The van der Waals surface area contributed by atoms with Gasteiger partial charge in [-0.05, 0) is 36.8 Å². The molecule has 3 rings (SSSR count). The fraction of sp³-hybridized carbons (Fsp3) is 0.111. The third kappa shape index (κ3) is 3.76. The number of hydrogen-bond donors (Lipinski definition) is 1. The molecule has 0 aliphatic rings. The number of ether oxygens (including phenoxy) is 1. The Labute approximate surface area is 139 Å². The Balaban J connectivity index is 1.74. The van der Waals surface area contributed by atoms with E-state index in [0.29, 0.717) is 0 Å². The maximum atomic E-state index is 5.19. The van der Waals surface area contributed by atoms with Crippen LogP contribution >= 0.6 is 11.3 Å². The van der Waals surface area contributed by atoms with Gasteiger partial charge in [0.25, 0.3) is 0 Å². The molecule has 0 spiro atoms. The summed E-state index contributed by atoms with van der Waals surface area (Å²) in [6.07, 6.45) is 1.78. The lowest BCUT2D eigenvalue weighted by Gasteiger charge is -2.01. The summed E-state index contributed by atoms with van der Waals surface area (Å²) >= 11 is 1.59. The zero-order valence-electron chi connectivity index (χ0n) is 13.0. The van der Waals surface area contributed by atoms with Gasteiger partial charge < -0.3 is 4.74 Å². The van der Waals surface area contributed by atoms with Crippen LogP contribution in [0.4, 0.5) is 5.13 Å². The molecule has 1 heterocycles. The van der Waals surface area contributed by atoms with E-state index < -0.39 is 0 Å². The second kappa shape index (κ2) is 7.07. The van der Waals surface area contributed by atoms with Crippen molar-refractivity contribution in [1.82, 2.24) is 4.98 Å². The van der Waals surface area contributed by atoms with Crippen LogP contribution in [0.15, 0.2) is 59.7 Å². The fourth-order valence-corrected chi connectivity index (χ4v) is 2.95. The van der Waals surface area contributed by atoms with E-state index in [0.717, 1.165) is 32.6 Å². The molecule has 0 radical (unpaired) electrons. The zero-order chi connectivity index (χ0) is 16.1. The standard InChI is InChI=1S/C18H17N3OS/c1-13-17(15-8-10-16(22-2)11-9-15)20-18(23-13)21-19-12-14-6-4-3-5-7-14/h3-12H,1-2H3,(H,20,21). The van der Waals surface area contributed by atoms with Crippen LogP contribution in [0.1, 0.15) is 10.4 Å². The predicted molar refractivity (Wildman–Crippen MR) is 96.5 cm³/mol. The minimum absolute atomic E-state index is 0.778. The molecule has 116 valence electrons. The second-order valence-electron chi connectivity index (χ2n) is 4.93. The summed E-state index contributed by atoms with van der Waals surface area (Å²) < 4.78 is 5.19. The van der Waals surface area contributed by atoms with Crippen molar-refractivity contribution >= 4 is 22.7 Å². The van der Waals surface area contributed by atoms with Crippen molar-refractivity contribution in [3.63, 3.8) is 0 Å². The lowest BCUT2D eigenvalue weighted by Crippen LogP contribution is -1.90. The van der Waals surface area contributed by atoms with Crippen LogP contribution in [0.2, 0.25) is 0 Å². The van der Waals surface area contributed by atoms with Gasteiger partial charge in [0.1, 0.15) is 5.75 Å². The van der Waals surface area contributed by atoms with E-state index in [-0.39, 0.29) is 0 Å². The molecule has 0 unspecified atom stereocenters. The van der Waals surface area contributed by atoms with Gasteiger partial charge >= 0.3 is 0 Å². The van der Waals surface area contributed by atoms with E-state index in [1.165, 1.54) is 0 Å². The van der Waals surface area contributed by atoms with E-state index in [4.69, 9.17) is 4.74 Å². The van der Waals surface area contributed by atoms with Crippen LogP contribution in [0.25, 0.3) is 11.3 Å². The molecule has 3 aromatic rings. The number of nitrogens with one attached hydrogen (secondary N) is 1. The molecule has 1 aromatic heterocycles. The minimum Gasteiger partial charge on any atom is -0.497 e. The summed E-state index contributed by atoms with van der Waals surface area (Å²) in [5, 5.41) is 5.02.